The molecule has 0 unspecified atom stereocenters. The lowest BCUT2D eigenvalue weighted by atomic mass is 9.59. The molecule has 22 heavy (non-hydrogen) atoms. The van der Waals surface area contributed by atoms with Gasteiger partial charge in [0.2, 0.25) is 5.91 Å². The van der Waals surface area contributed by atoms with Crippen molar-refractivity contribution in [3.63, 3.8) is 0 Å². The largest absolute Gasteiger partial charge is 0.399 e. The lowest BCUT2D eigenvalue weighted by Gasteiger charge is -2.45. The first-order valence-electron chi connectivity index (χ1n) is 7.15. The van der Waals surface area contributed by atoms with Gasteiger partial charge >= 0.3 is 0 Å². The molecule has 6 nitrogen and oxygen atoms in total. The third-order valence-electron chi connectivity index (χ3n) is 4.72. The summed E-state index contributed by atoms with van der Waals surface area (Å²) >= 11 is 0. The molecule has 2 N–H and O–H groups in total. The van der Waals surface area contributed by atoms with E-state index in [4.69, 9.17) is 5.73 Å². The Bertz CT molecular complexity index is 684. The van der Waals surface area contributed by atoms with Gasteiger partial charge in [-0.3, -0.25) is 4.79 Å². The number of hydrogen-bond donors (Lipinski definition) is 1. The van der Waals surface area contributed by atoms with Gasteiger partial charge < -0.3 is 10.6 Å². The van der Waals surface area contributed by atoms with Gasteiger partial charge in [-0.05, 0) is 12.0 Å². The van der Waals surface area contributed by atoms with Gasteiger partial charge in [0.15, 0.2) is 5.41 Å². The van der Waals surface area contributed by atoms with E-state index < -0.39 is 5.41 Å². The van der Waals surface area contributed by atoms with Crippen LogP contribution in [0.25, 0.3) is 0 Å². The summed E-state index contributed by atoms with van der Waals surface area (Å²) < 4.78 is 0. The van der Waals surface area contributed by atoms with Crippen LogP contribution in [0, 0.1) is 51.2 Å². The van der Waals surface area contributed by atoms with Crippen molar-refractivity contribution < 1.29 is 4.79 Å². The maximum Gasteiger partial charge on any atom is 0.219 e. The quantitative estimate of drug-likeness (QED) is 0.779. The van der Waals surface area contributed by atoms with Crippen LogP contribution in [0.2, 0.25) is 0 Å². The number of rotatable bonds is 1. The number of nitriles is 3. The van der Waals surface area contributed by atoms with Crippen molar-refractivity contribution in [2.24, 2.45) is 23.0 Å². The van der Waals surface area contributed by atoms with Crippen molar-refractivity contribution in [3.8, 4) is 18.2 Å². The normalized spacial score (nSPS) is 26.1. The molecule has 0 fully saturated rings. The van der Waals surface area contributed by atoms with Crippen LogP contribution in [0.5, 0.6) is 0 Å². The molecular formula is C16H17N5O. The highest BCUT2D eigenvalue weighted by molar-refractivity contribution is 5.74. The number of allylic oxidation sites excluding steroid dienone is 2. The third kappa shape index (κ3) is 1.95. The first-order chi connectivity index (χ1) is 10.5. The second-order valence-corrected chi connectivity index (χ2v) is 5.64. The van der Waals surface area contributed by atoms with Crippen LogP contribution >= 0.6 is 0 Å². The number of nitrogens with two attached hydrogens (primary N) is 1. The highest BCUT2D eigenvalue weighted by atomic mass is 16.2. The highest BCUT2D eigenvalue weighted by Crippen LogP contribution is 2.50. The van der Waals surface area contributed by atoms with Gasteiger partial charge in [0.25, 0.3) is 0 Å². The Balaban J connectivity index is 2.69. The summed E-state index contributed by atoms with van der Waals surface area (Å²) in [7, 11) is 0. The molecule has 0 aromatic heterocycles. The summed E-state index contributed by atoms with van der Waals surface area (Å²) in [5.41, 5.74) is 5.57. The number of carbonyl (C=O) groups excluding carboxylic acids is 1. The van der Waals surface area contributed by atoms with Gasteiger partial charge in [-0.15, -0.1) is 0 Å². The van der Waals surface area contributed by atoms with E-state index >= 15 is 0 Å². The molecule has 0 spiro atoms. The average Bonchev–Trinajstić information content (AvgIpc) is 2.53. The van der Waals surface area contributed by atoms with Gasteiger partial charge in [0.05, 0.1) is 23.4 Å². The molecule has 0 saturated heterocycles. The number of amides is 1. The molecule has 0 aromatic carbocycles. The SMILES string of the molecule is CC[C@@H]1[C@@H]2CN(C(C)=O)CC=C2C(C#N)=C(N)C1(C#N)C#N. The summed E-state index contributed by atoms with van der Waals surface area (Å²) in [6.45, 7) is 4.20. The molecular weight excluding hydrogens is 278 g/mol. The zero-order valence-electron chi connectivity index (χ0n) is 12.6. The van der Waals surface area contributed by atoms with Gasteiger partial charge in [0.1, 0.15) is 6.07 Å². The van der Waals surface area contributed by atoms with Crippen LogP contribution in [-0.2, 0) is 4.79 Å². The lowest BCUT2D eigenvalue weighted by Crippen LogP contribution is -2.49. The van der Waals surface area contributed by atoms with E-state index in [1.165, 1.54) is 6.92 Å². The number of carbonyl (C=O) groups is 1. The Morgan fingerprint density at radius 2 is 2.09 bits per heavy atom. The van der Waals surface area contributed by atoms with Gasteiger partial charge in [-0.25, -0.2) is 0 Å². The number of nitrogens with zero attached hydrogens (tertiary/aromatic N) is 4. The second-order valence-electron chi connectivity index (χ2n) is 5.64. The standard InChI is InChI=1S/C16H17N5O/c1-3-14-13-7-21(10(2)22)5-4-11(13)12(6-17)15(20)16(14,8-18)9-19/h4,13-14H,3,5,7,20H2,1-2H3/t13-,14-/m1/s1. The summed E-state index contributed by atoms with van der Waals surface area (Å²) in [5, 5.41) is 28.6. The Kier molecular flexibility index (Phi) is 3.93. The number of fused-ring (bicyclic) bond motifs is 1. The summed E-state index contributed by atoms with van der Waals surface area (Å²) in [5.74, 6) is -0.623. The maximum atomic E-state index is 11.6. The van der Waals surface area contributed by atoms with Crippen LogP contribution in [0.4, 0.5) is 0 Å². The molecule has 0 saturated carbocycles. The minimum absolute atomic E-state index is 0.0469. The van der Waals surface area contributed by atoms with E-state index in [0.717, 1.165) is 5.57 Å². The zero-order chi connectivity index (χ0) is 16.5. The molecule has 1 aliphatic heterocycles. The van der Waals surface area contributed by atoms with Crippen molar-refractivity contribution in [2.45, 2.75) is 20.3 Å². The fourth-order valence-electron chi connectivity index (χ4n) is 3.54. The van der Waals surface area contributed by atoms with Crippen molar-refractivity contribution in [2.75, 3.05) is 13.1 Å². The molecule has 1 amide bonds. The fourth-order valence-corrected chi connectivity index (χ4v) is 3.54. The third-order valence-corrected chi connectivity index (χ3v) is 4.72. The maximum absolute atomic E-state index is 11.6. The second kappa shape index (κ2) is 5.54. The first kappa shape index (κ1) is 15.6. The Labute approximate surface area is 129 Å². The first-order valence-corrected chi connectivity index (χ1v) is 7.15. The minimum atomic E-state index is -1.51. The topological polar surface area (TPSA) is 118 Å². The number of hydrogen-bond acceptors (Lipinski definition) is 5. The summed E-state index contributed by atoms with van der Waals surface area (Å²) in [6, 6.07) is 6.11. The van der Waals surface area contributed by atoms with E-state index in [0.29, 0.717) is 19.5 Å². The van der Waals surface area contributed by atoms with Gasteiger partial charge in [-0.2, -0.15) is 15.8 Å². The fraction of sp³-hybridized carbons (Fsp3) is 0.500. The predicted octanol–water partition coefficient (Wildman–Crippen LogP) is 1.20. The average molecular weight is 295 g/mol. The van der Waals surface area contributed by atoms with Crippen molar-refractivity contribution in [1.29, 1.82) is 15.8 Å². The Morgan fingerprint density at radius 1 is 1.45 bits per heavy atom. The predicted molar refractivity (Wildman–Crippen MR) is 78.1 cm³/mol. The van der Waals surface area contributed by atoms with Gasteiger partial charge in [0, 0.05) is 31.8 Å². The summed E-state index contributed by atoms with van der Waals surface area (Å²) in [4.78, 5) is 13.3. The summed E-state index contributed by atoms with van der Waals surface area (Å²) in [6.07, 6.45) is 2.39. The molecule has 2 rings (SSSR count). The van der Waals surface area contributed by atoms with Crippen molar-refractivity contribution in [3.05, 3.63) is 22.9 Å². The molecule has 2 aliphatic rings. The van der Waals surface area contributed by atoms with E-state index in [-0.39, 0.29) is 29.0 Å². The molecule has 0 aromatic rings. The van der Waals surface area contributed by atoms with Crippen molar-refractivity contribution in [1.82, 2.24) is 4.90 Å². The van der Waals surface area contributed by atoms with Crippen LogP contribution < -0.4 is 5.73 Å². The van der Waals surface area contributed by atoms with Crippen LogP contribution in [0.3, 0.4) is 0 Å². The Hall–Kier alpha value is -2.78. The lowest BCUT2D eigenvalue weighted by molar-refractivity contribution is -0.129. The van der Waals surface area contributed by atoms with E-state index in [9.17, 15) is 20.6 Å². The van der Waals surface area contributed by atoms with E-state index in [2.05, 4.69) is 0 Å². The molecule has 2 atom stereocenters. The van der Waals surface area contributed by atoms with Crippen LogP contribution in [-0.4, -0.2) is 23.9 Å². The smallest absolute Gasteiger partial charge is 0.219 e. The molecule has 1 heterocycles. The highest BCUT2D eigenvalue weighted by Gasteiger charge is 2.53. The van der Waals surface area contributed by atoms with Gasteiger partial charge in [-0.1, -0.05) is 13.0 Å². The molecule has 0 bridgehead atoms. The monoisotopic (exact) mass is 295 g/mol. The van der Waals surface area contributed by atoms with Crippen molar-refractivity contribution >= 4 is 5.91 Å². The van der Waals surface area contributed by atoms with E-state index in [1.54, 1.807) is 4.90 Å². The molecule has 1 aliphatic carbocycles. The molecule has 0 radical (unpaired) electrons. The minimum Gasteiger partial charge on any atom is -0.399 e. The Morgan fingerprint density at radius 3 is 2.55 bits per heavy atom. The van der Waals surface area contributed by atoms with Crippen LogP contribution in [0.1, 0.15) is 20.3 Å². The van der Waals surface area contributed by atoms with Crippen LogP contribution in [0.15, 0.2) is 22.9 Å². The molecule has 112 valence electrons. The van der Waals surface area contributed by atoms with E-state index in [1.807, 2.05) is 31.2 Å². The zero-order valence-corrected chi connectivity index (χ0v) is 12.6. The molecule has 6 heteroatoms.